The second kappa shape index (κ2) is 6.29. The van der Waals surface area contributed by atoms with E-state index in [0.717, 1.165) is 25.7 Å². The lowest BCUT2D eigenvalue weighted by Gasteiger charge is -2.20. The Bertz CT molecular complexity index is 199. The zero-order valence-electron chi connectivity index (χ0n) is 10.1. The first-order chi connectivity index (χ1) is 7.15. The predicted octanol–water partition coefficient (Wildman–Crippen LogP) is 2.91. The van der Waals surface area contributed by atoms with Crippen LogP contribution in [-0.4, -0.2) is 23.4 Å². The van der Waals surface area contributed by atoms with E-state index in [2.05, 4.69) is 19.9 Å². The van der Waals surface area contributed by atoms with Gasteiger partial charge in [0.1, 0.15) is 0 Å². The molecule has 2 heteroatoms. The Labute approximate surface area is 93.3 Å². The molecule has 0 bridgehead atoms. The molecule has 3 atom stereocenters. The molecule has 2 nitrogen and oxygen atoms in total. The van der Waals surface area contributed by atoms with Crippen molar-refractivity contribution in [3.63, 3.8) is 0 Å². The SMILES string of the molecule is C/C=C/CC[C@@H](O)[C@H]1CC[C@H](C(C)C)O1. The normalized spacial score (nSPS) is 29.1. The molecule has 1 N–H and O–H groups in total. The summed E-state index contributed by atoms with van der Waals surface area (Å²) in [4.78, 5) is 0. The summed E-state index contributed by atoms with van der Waals surface area (Å²) in [6.07, 6.45) is 8.14. The molecule has 1 rings (SSSR count). The molecule has 0 aliphatic carbocycles. The Balaban J connectivity index is 2.26. The van der Waals surface area contributed by atoms with Gasteiger partial charge in [-0.05, 0) is 38.5 Å². The van der Waals surface area contributed by atoms with Crippen LogP contribution in [0.4, 0.5) is 0 Å². The molecule has 1 heterocycles. The largest absolute Gasteiger partial charge is 0.390 e. The average molecular weight is 212 g/mol. The summed E-state index contributed by atoms with van der Waals surface area (Å²) in [5.74, 6) is 0.567. The van der Waals surface area contributed by atoms with Crippen LogP contribution < -0.4 is 0 Å². The Hall–Kier alpha value is -0.340. The number of rotatable bonds is 5. The second-order valence-electron chi connectivity index (χ2n) is 4.75. The Morgan fingerprint density at radius 3 is 2.53 bits per heavy atom. The third-order valence-corrected chi connectivity index (χ3v) is 3.12. The summed E-state index contributed by atoms with van der Waals surface area (Å²) >= 11 is 0. The number of aliphatic hydroxyl groups is 1. The van der Waals surface area contributed by atoms with E-state index in [1.165, 1.54) is 0 Å². The van der Waals surface area contributed by atoms with Gasteiger partial charge in [0.25, 0.3) is 0 Å². The smallest absolute Gasteiger partial charge is 0.0838 e. The molecule has 0 aromatic carbocycles. The van der Waals surface area contributed by atoms with Crippen LogP contribution in [0, 0.1) is 5.92 Å². The van der Waals surface area contributed by atoms with E-state index in [4.69, 9.17) is 4.74 Å². The van der Waals surface area contributed by atoms with E-state index in [1.807, 2.05) is 13.0 Å². The van der Waals surface area contributed by atoms with Gasteiger partial charge < -0.3 is 9.84 Å². The number of allylic oxidation sites excluding steroid dienone is 2. The fourth-order valence-corrected chi connectivity index (χ4v) is 2.08. The molecule has 0 aromatic heterocycles. The third-order valence-electron chi connectivity index (χ3n) is 3.12. The lowest BCUT2D eigenvalue weighted by molar-refractivity contribution is -0.0491. The third kappa shape index (κ3) is 3.96. The molecule has 0 spiro atoms. The first-order valence-electron chi connectivity index (χ1n) is 6.09. The van der Waals surface area contributed by atoms with Crippen molar-refractivity contribution in [2.24, 2.45) is 5.92 Å². The first-order valence-corrected chi connectivity index (χ1v) is 6.09. The minimum Gasteiger partial charge on any atom is -0.390 e. The van der Waals surface area contributed by atoms with Crippen molar-refractivity contribution >= 4 is 0 Å². The molecule has 1 saturated heterocycles. The van der Waals surface area contributed by atoms with Crippen LogP contribution in [0.25, 0.3) is 0 Å². The molecular formula is C13H24O2. The molecule has 0 amide bonds. The van der Waals surface area contributed by atoms with Crippen molar-refractivity contribution in [1.82, 2.24) is 0 Å². The van der Waals surface area contributed by atoms with Gasteiger partial charge in [-0.15, -0.1) is 0 Å². The van der Waals surface area contributed by atoms with Gasteiger partial charge in [0.05, 0.1) is 18.3 Å². The Morgan fingerprint density at radius 1 is 1.33 bits per heavy atom. The molecule has 1 fully saturated rings. The first kappa shape index (κ1) is 12.7. The van der Waals surface area contributed by atoms with Crippen molar-refractivity contribution in [3.8, 4) is 0 Å². The summed E-state index contributed by atoms with van der Waals surface area (Å²) in [5.41, 5.74) is 0. The van der Waals surface area contributed by atoms with Crippen molar-refractivity contribution in [3.05, 3.63) is 12.2 Å². The molecule has 0 unspecified atom stereocenters. The van der Waals surface area contributed by atoms with Crippen LogP contribution in [0.1, 0.15) is 46.5 Å². The van der Waals surface area contributed by atoms with Gasteiger partial charge >= 0.3 is 0 Å². The lowest BCUT2D eigenvalue weighted by atomic mass is 10.0. The summed E-state index contributed by atoms with van der Waals surface area (Å²) in [7, 11) is 0. The fraction of sp³-hybridized carbons (Fsp3) is 0.846. The van der Waals surface area contributed by atoms with Gasteiger partial charge in [-0.25, -0.2) is 0 Å². The highest BCUT2D eigenvalue weighted by atomic mass is 16.5. The summed E-state index contributed by atoms with van der Waals surface area (Å²) in [5, 5.41) is 9.92. The van der Waals surface area contributed by atoms with E-state index >= 15 is 0 Å². The van der Waals surface area contributed by atoms with Crippen molar-refractivity contribution < 1.29 is 9.84 Å². The maximum absolute atomic E-state index is 9.92. The molecule has 1 aliphatic heterocycles. The quantitative estimate of drug-likeness (QED) is 0.710. The van der Waals surface area contributed by atoms with Crippen LogP contribution in [0.5, 0.6) is 0 Å². The van der Waals surface area contributed by atoms with E-state index in [-0.39, 0.29) is 12.2 Å². The number of hydrogen-bond acceptors (Lipinski definition) is 2. The summed E-state index contributed by atoms with van der Waals surface area (Å²) in [6, 6.07) is 0. The monoisotopic (exact) mass is 212 g/mol. The van der Waals surface area contributed by atoms with E-state index < -0.39 is 0 Å². The molecule has 0 saturated carbocycles. The minimum absolute atomic E-state index is 0.0719. The maximum Gasteiger partial charge on any atom is 0.0838 e. The van der Waals surface area contributed by atoms with Crippen LogP contribution in [0.2, 0.25) is 0 Å². The van der Waals surface area contributed by atoms with Crippen LogP contribution in [0.3, 0.4) is 0 Å². The van der Waals surface area contributed by atoms with Gasteiger partial charge in [0.2, 0.25) is 0 Å². The highest BCUT2D eigenvalue weighted by Crippen LogP contribution is 2.28. The predicted molar refractivity (Wildman–Crippen MR) is 62.8 cm³/mol. The zero-order valence-corrected chi connectivity index (χ0v) is 10.1. The Morgan fingerprint density at radius 2 is 2.00 bits per heavy atom. The van der Waals surface area contributed by atoms with Crippen LogP contribution >= 0.6 is 0 Å². The standard InChI is InChI=1S/C13H24O2/c1-4-5-6-7-11(14)13-9-8-12(15-13)10(2)3/h4-5,10-14H,6-9H2,1-3H3/b5-4+/t11-,12-,13-/m1/s1. The van der Waals surface area contributed by atoms with Crippen molar-refractivity contribution in [1.29, 1.82) is 0 Å². The lowest BCUT2D eigenvalue weighted by Crippen LogP contribution is -2.27. The fourth-order valence-electron chi connectivity index (χ4n) is 2.08. The van der Waals surface area contributed by atoms with Gasteiger partial charge in [-0.2, -0.15) is 0 Å². The average Bonchev–Trinajstić information content (AvgIpc) is 2.66. The highest BCUT2D eigenvalue weighted by Gasteiger charge is 2.31. The maximum atomic E-state index is 9.92. The molecule has 15 heavy (non-hydrogen) atoms. The van der Waals surface area contributed by atoms with Crippen LogP contribution in [-0.2, 0) is 4.74 Å². The molecule has 0 radical (unpaired) electrons. The summed E-state index contributed by atoms with van der Waals surface area (Å²) < 4.78 is 5.84. The van der Waals surface area contributed by atoms with Crippen molar-refractivity contribution in [2.75, 3.05) is 0 Å². The highest BCUT2D eigenvalue weighted by molar-refractivity contribution is 4.84. The molecule has 1 aliphatic rings. The van der Waals surface area contributed by atoms with E-state index in [1.54, 1.807) is 0 Å². The van der Waals surface area contributed by atoms with E-state index in [0.29, 0.717) is 12.0 Å². The van der Waals surface area contributed by atoms with Gasteiger partial charge in [0, 0.05) is 0 Å². The topological polar surface area (TPSA) is 29.5 Å². The van der Waals surface area contributed by atoms with Gasteiger partial charge in [-0.3, -0.25) is 0 Å². The van der Waals surface area contributed by atoms with Crippen LogP contribution in [0.15, 0.2) is 12.2 Å². The molecular weight excluding hydrogens is 188 g/mol. The zero-order chi connectivity index (χ0) is 11.3. The van der Waals surface area contributed by atoms with Crippen molar-refractivity contribution in [2.45, 2.75) is 64.8 Å². The number of aliphatic hydroxyl groups excluding tert-OH is 1. The minimum atomic E-state index is -0.287. The number of hydrogen-bond donors (Lipinski definition) is 1. The second-order valence-corrected chi connectivity index (χ2v) is 4.75. The molecule has 88 valence electrons. The van der Waals surface area contributed by atoms with E-state index in [9.17, 15) is 5.11 Å². The molecule has 0 aromatic rings. The van der Waals surface area contributed by atoms with Gasteiger partial charge in [0.15, 0.2) is 0 Å². The number of ether oxygens (including phenoxy) is 1. The summed E-state index contributed by atoms with van der Waals surface area (Å²) in [6.45, 7) is 6.37. The van der Waals surface area contributed by atoms with Gasteiger partial charge in [-0.1, -0.05) is 26.0 Å². The Kier molecular flexibility index (Phi) is 5.34.